The van der Waals surface area contributed by atoms with Gasteiger partial charge in [0, 0.05) is 42.5 Å². The van der Waals surface area contributed by atoms with Crippen LogP contribution in [0.4, 0.5) is 26.2 Å². The van der Waals surface area contributed by atoms with Gasteiger partial charge >= 0.3 is 0 Å². The van der Waals surface area contributed by atoms with Gasteiger partial charge in [0.15, 0.2) is 17.5 Å². The molecule has 6 rings (SSSR count). The fourth-order valence-electron chi connectivity index (χ4n) is 4.80. The van der Waals surface area contributed by atoms with Gasteiger partial charge in [-0.25, -0.2) is 28.7 Å². The molecule has 0 radical (unpaired) electrons. The Kier molecular flexibility index (Phi) is 5.47. The summed E-state index contributed by atoms with van der Waals surface area (Å²) in [5.74, 6) is 1.36. The average Bonchev–Trinajstić information content (AvgIpc) is 3.70. The van der Waals surface area contributed by atoms with Gasteiger partial charge in [-0.15, -0.1) is 0 Å². The zero-order valence-corrected chi connectivity index (χ0v) is 19.4. The number of fused-ring (bicyclic) bond motifs is 1. The molecular formula is C26H25F2N7. The van der Waals surface area contributed by atoms with E-state index in [4.69, 9.17) is 9.97 Å². The van der Waals surface area contributed by atoms with Crippen molar-refractivity contribution in [3.05, 3.63) is 60.2 Å². The van der Waals surface area contributed by atoms with Crippen LogP contribution in [0.1, 0.15) is 44.1 Å². The molecule has 1 N–H and O–H groups in total. The van der Waals surface area contributed by atoms with E-state index in [-0.39, 0.29) is 5.82 Å². The van der Waals surface area contributed by atoms with Crippen LogP contribution in [-0.4, -0.2) is 38.0 Å². The van der Waals surface area contributed by atoms with Crippen LogP contribution in [0.5, 0.6) is 0 Å². The Morgan fingerprint density at radius 2 is 1.91 bits per heavy atom. The first-order valence-electron chi connectivity index (χ1n) is 12.0. The Morgan fingerprint density at radius 3 is 2.71 bits per heavy atom. The van der Waals surface area contributed by atoms with Crippen molar-refractivity contribution in [1.82, 2.24) is 24.9 Å². The second kappa shape index (κ2) is 8.79. The van der Waals surface area contributed by atoms with Crippen molar-refractivity contribution >= 4 is 28.4 Å². The Morgan fingerprint density at radius 1 is 1.03 bits per heavy atom. The molecule has 1 atom stereocenters. The summed E-state index contributed by atoms with van der Waals surface area (Å²) in [7, 11) is 0. The lowest BCUT2D eigenvalue weighted by atomic mass is 9.99. The van der Waals surface area contributed by atoms with Crippen LogP contribution in [0.3, 0.4) is 0 Å². The van der Waals surface area contributed by atoms with Gasteiger partial charge in [-0.05, 0) is 55.2 Å². The number of hydrogen-bond acceptors (Lipinski definition) is 7. The second-order valence-corrected chi connectivity index (χ2v) is 9.50. The number of halogens is 2. The predicted molar refractivity (Wildman–Crippen MR) is 131 cm³/mol. The number of hydrogen-bond donors (Lipinski definition) is 1. The fraction of sp³-hybridized carbons (Fsp3) is 0.346. The first-order valence-corrected chi connectivity index (χ1v) is 12.0. The van der Waals surface area contributed by atoms with Gasteiger partial charge in [0.1, 0.15) is 17.5 Å². The molecule has 178 valence electrons. The van der Waals surface area contributed by atoms with E-state index in [1.54, 1.807) is 18.5 Å². The number of nitrogens with one attached hydrogen (secondary N) is 1. The van der Waals surface area contributed by atoms with Crippen molar-refractivity contribution in [2.75, 3.05) is 23.3 Å². The van der Waals surface area contributed by atoms with Gasteiger partial charge in [0.25, 0.3) is 0 Å². The number of aromatic nitrogens is 5. The van der Waals surface area contributed by atoms with Crippen LogP contribution >= 0.6 is 0 Å². The number of anilines is 3. The Balaban J connectivity index is 1.43. The lowest BCUT2D eigenvalue weighted by Crippen LogP contribution is -2.35. The Hall–Kier alpha value is -3.75. The molecule has 35 heavy (non-hydrogen) atoms. The molecule has 5 heterocycles. The number of nitrogens with zero attached hydrogens (tertiary/aromatic N) is 6. The third-order valence-electron chi connectivity index (χ3n) is 6.66. The summed E-state index contributed by atoms with van der Waals surface area (Å²) < 4.78 is 27.3. The molecule has 0 spiro atoms. The summed E-state index contributed by atoms with van der Waals surface area (Å²) in [6.07, 6.45) is 11.0. The normalized spacial score (nSPS) is 18.1. The van der Waals surface area contributed by atoms with Crippen LogP contribution in [0.15, 0.2) is 43.0 Å². The number of piperidine rings is 1. The van der Waals surface area contributed by atoms with Crippen LogP contribution < -0.4 is 10.2 Å². The summed E-state index contributed by atoms with van der Waals surface area (Å²) >= 11 is 0. The van der Waals surface area contributed by atoms with Crippen molar-refractivity contribution in [3.63, 3.8) is 0 Å². The molecule has 4 aromatic heterocycles. The first-order chi connectivity index (χ1) is 17.0. The fourth-order valence-corrected chi connectivity index (χ4v) is 4.80. The van der Waals surface area contributed by atoms with E-state index in [2.05, 4.69) is 32.1 Å². The maximum absolute atomic E-state index is 14.1. The van der Waals surface area contributed by atoms with Gasteiger partial charge in [0.05, 0.1) is 17.9 Å². The second-order valence-electron chi connectivity index (χ2n) is 9.50. The Bertz CT molecular complexity index is 1410. The van der Waals surface area contributed by atoms with E-state index >= 15 is 0 Å². The smallest absolute Gasteiger partial charge is 0.168 e. The van der Waals surface area contributed by atoms with Crippen LogP contribution in [0, 0.1) is 17.6 Å². The van der Waals surface area contributed by atoms with Crippen molar-refractivity contribution in [2.24, 2.45) is 5.92 Å². The number of rotatable bonds is 5. The molecule has 2 fully saturated rings. The topological polar surface area (TPSA) is 79.7 Å². The molecule has 7 nitrogen and oxygen atoms in total. The highest BCUT2D eigenvalue weighted by atomic mass is 19.1. The summed E-state index contributed by atoms with van der Waals surface area (Å²) in [6, 6.07) is 4.34. The summed E-state index contributed by atoms with van der Waals surface area (Å²) in [6.45, 7) is 4.20. The molecule has 0 bridgehead atoms. The highest BCUT2D eigenvalue weighted by Crippen LogP contribution is 2.45. The van der Waals surface area contributed by atoms with Crippen molar-refractivity contribution in [2.45, 2.75) is 38.5 Å². The Labute approximate surface area is 201 Å². The molecule has 1 saturated heterocycles. The summed E-state index contributed by atoms with van der Waals surface area (Å²) in [5, 5.41) is 3.92. The zero-order valence-electron chi connectivity index (χ0n) is 19.4. The van der Waals surface area contributed by atoms with E-state index in [1.807, 2.05) is 12.3 Å². The van der Waals surface area contributed by atoms with Gasteiger partial charge in [0.2, 0.25) is 0 Å². The first kappa shape index (κ1) is 21.8. The maximum atomic E-state index is 14.1. The minimum absolute atomic E-state index is 0.100. The van der Waals surface area contributed by atoms with Gasteiger partial charge in [-0.1, -0.05) is 6.92 Å². The minimum atomic E-state index is -0.792. The molecule has 0 unspecified atom stereocenters. The molecule has 1 aliphatic carbocycles. The quantitative estimate of drug-likeness (QED) is 0.403. The maximum Gasteiger partial charge on any atom is 0.168 e. The zero-order chi connectivity index (χ0) is 23.9. The molecule has 0 amide bonds. The largest absolute Gasteiger partial charge is 0.356 e. The molecule has 1 saturated carbocycles. The summed E-state index contributed by atoms with van der Waals surface area (Å²) in [5.41, 5.74) is 2.79. The van der Waals surface area contributed by atoms with E-state index in [0.29, 0.717) is 23.5 Å². The van der Waals surface area contributed by atoms with Gasteiger partial charge < -0.3 is 10.2 Å². The van der Waals surface area contributed by atoms with Crippen LogP contribution in [0.2, 0.25) is 0 Å². The molecule has 4 aromatic rings. The van der Waals surface area contributed by atoms with Crippen LogP contribution in [0.25, 0.3) is 22.3 Å². The third-order valence-corrected chi connectivity index (χ3v) is 6.66. The molecule has 2 aliphatic rings. The average molecular weight is 474 g/mol. The molecule has 1 aliphatic heterocycles. The van der Waals surface area contributed by atoms with Gasteiger partial charge in [-0.2, -0.15) is 0 Å². The molecular weight excluding hydrogens is 448 g/mol. The van der Waals surface area contributed by atoms with Crippen molar-refractivity contribution < 1.29 is 8.78 Å². The highest BCUT2D eigenvalue weighted by molar-refractivity contribution is 5.94. The molecule has 9 heteroatoms. The lowest BCUT2D eigenvalue weighted by Gasteiger charge is -2.33. The van der Waals surface area contributed by atoms with E-state index in [1.165, 1.54) is 24.8 Å². The predicted octanol–water partition coefficient (Wildman–Crippen LogP) is 5.62. The van der Waals surface area contributed by atoms with Crippen LogP contribution in [-0.2, 0) is 0 Å². The third kappa shape index (κ3) is 4.38. The SMILES string of the molecule is C[C@H]1CCCN(c2nc(-c3ccnc(Nc4ncc(F)cc4F)c3)nc3cncc(C4CC4)c23)C1. The van der Waals surface area contributed by atoms with E-state index < -0.39 is 11.6 Å². The lowest BCUT2D eigenvalue weighted by molar-refractivity contribution is 0.445. The van der Waals surface area contributed by atoms with Crippen molar-refractivity contribution in [1.29, 1.82) is 0 Å². The van der Waals surface area contributed by atoms with Gasteiger partial charge in [-0.3, -0.25) is 4.98 Å². The minimum Gasteiger partial charge on any atom is -0.356 e. The van der Waals surface area contributed by atoms with Crippen molar-refractivity contribution in [3.8, 4) is 11.4 Å². The summed E-state index contributed by atoms with van der Waals surface area (Å²) in [4.78, 5) is 24.9. The highest BCUT2D eigenvalue weighted by Gasteiger charge is 2.30. The van der Waals surface area contributed by atoms with E-state index in [0.717, 1.165) is 54.1 Å². The monoisotopic (exact) mass is 473 g/mol. The number of pyridine rings is 3. The standard InChI is InChI=1S/C26H25F2N7/c1-15-3-2-8-35(14-15)26-23-19(16-4-5-16)12-29-13-21(23)32-24(34-26)17-6-7-30-22(9-17)33-25-20(28)10-18(27)11-31-25/h6-7,9-13,15-16H,2-5,8,14H2,1H3,(H,30,31,33)/t15-/m0/s1. The van der Waals surface area contributed by atoms with E-state index in [9.17, 15) is 8.78 Å². The molecule has 0 aromatic carbocycles.